The first kappa shape index (κ1) is 14.7. The summed E-state index contributed by atoms with van der Waals surface area (Å²) < 4.78 is 15.9. The van der Waals surface area contributed by atoms with E-state index in [4.69, 9.17) is 0 Å². The first-order valence-electron chi connectivity index (χ1n) is 7.84. The lowest BCUT2D eigenvalue weighted by atomic mass is 10.1. The lowest BCUT2D eigenvalue weighted by Crippen LogP contribution is -2.13. The lowest BCUT2D eigenvalue weighted by Gasteiger charge is -2.09. The summed E-state index contributed by atoms with van der Waals surface area (Å²) in [7, 11) is 0. The monoisotopic (exact) mass is 320 g/mol. The molecule has 2 aromatic heterocycles. The Labute approximate surface area is 139 Å². The third-order valence-electron chi connectivity index (χ3n) is 4.12. The molecule has 0 unspecified atom stereocenters. The predicted octanol–water partition coefficient (Wildman–Crippen LogP) is 3.78. The van der Waals surface area contributed by atoms with Gasteiger partial charge in [0.25, 0.3) is 0 Å². The number of benzene rings is 2. The van der Waals surface area contributed by atoms with E-state index in [0.717, 1.165) is 17.6 Å². The topological polar surface area (TPSA) is 45.6 Å². The van der Waals surface area contributed by atoms with Gasteiger partial charge in [0.15, 0.2) is 0 Å². The van der Waals surface area contributed by atoms with E-state index < -0.39 is 0 Å². The molecule has 0 amide bonds. The summed E-state index contributed by atoms with van der Waals surface area (Å²) in [6, 6.07) is 13.6. The summed E-state index contributed by atoms with van der Waals surface area (Å²) in [5.41, 5.74) is 3.78. The fourth-order valence-corrected chi connectivity index (χ4v) is 2.92. The van der Waals surface area contributed by atoms with Crippen LogP contribution in [0.25, 0.3) is 16.6 Å². The molecule has 0 saturated heterocycles. The number of aromatic amines is 1. The maximum absolute atomic E-state index is 14.2. The fourth-order valence-electron chi connectivity index (χ4n) is 2.92. The Hall–Kier alpha value is -2.92. The number of nitrogens with zero attached hydrogens (tertiary/aromatic N) is 2. The van der Waals surface area contributed by atoms with Gasteiger partial charge in [0.1, 0.15) is 5.82 Å². The average molecular weight is 320 g/mol. The molecule has 4 rings (SSSR count). The van der Waals surface area contributed by atoms with Crippen molar-refractivity contribution in [2.75, 3.05) is 0 Å². The number of imidazole rings is 1. The quantitative estimate of drug-likeness (QED) is 0.588. The average Bonchev–Trinajstić information content (AvgIpc) is 3.27. The highest BCUT2D eigenvalue weighted by Gasteiger charge is 2.06. The summed E-state index contributed by atoms with van der Waals surface area (Å²) in [5.74, 6) is -0.250. The molecule has 0 radical (unpaired) electrons. The SMILES string of the molecule is Fc1cc(CNCc2cccc3[nH]ccc23)ccc1-n1ccnc1. The van der Waals surface area contributed by atoms with Crippen molar-refractivity contribution in [3.05, 3.63) is 84.3 Å². The van der Waals surface area contributed by atoms with Crippen LogP contribution in [0.4, 0.5) is 4.39 Å². The van der Waals surface area contributed by atoms with Crippen LogP contribution in [-0.4, -0.2) is 14.5 Å². The first-order valence-corrected chi connectivity index (χ1v) is 7.84. The molecule has 120 valence electrons. The zero-order valence-electron chi connectivity index (χ0n) is 13.0. The van der Waals surface area contributed by atoms with Crippen LogP contribution in [-0.2, 0) is 13.1 Å². The van der Waals surface area contributed by atoms with Gasteiger partial charge in [-0.2, -0.15) is 0 Å². The molecule has 0 fully saturated rings. The first-order chi connectivity index (χ1) is 11.8. The molecule has 0 aliphatic carbocycles. The zero-order valence-corrected chi connectivity index (χ0v) is 13.0. The number of H-pyrrole nitrogens is 1. The molecule has 0 aliphatic heterocycles. The number of aromatic nitrogens is 3. The van der Waals surface area contributed by atoms with Crippen LogP contribution in [0.2, 0.25) is 0 Å². The number of fused-ring (bicyclic) bond motifs is 1. The maximum atomic E-state index is 14.2. The second-order valence-electron chi connectivity index (χ2n) is 5.72. The molecule has 0 spiro atoms. The van der Waals surface area contributed by atoms with Gasteiger partial charge in [-0.05, 0) is 35.4 Å². The molecule has 4 nitrogen and oxygen atoms in total. The van der Waals surface area contributed by atoms with E-state index >= 15 is 0 Å². The van der Waals surface area contributed by atoms with Crippen LogP contribution in [0, 0.1) is 5.82 Å². The van der Waals surface area contributed by atoms with Gasteiger partial charge in [0, 0.05) is 42.6 Å². The van der Waals surface area contributed by atoms with Crippen molar-refractivity contribution in [2.45, 2.75) is 13.1 Å². The van der Waals surface area contributed by atoms with E-state index in [9.17, 15) is 4.39 Å². The molecule has 5 heteroatoms. The number of halogens is 1. The van der Waals surface area contributed by atoms with Crippen LogP contribution in [0.5, 0.6) is 0 Å². The minimum atomic E-state index is -0.250. The number of rotatable bonds is 5. The molecule has 0 saturated carbocycles. The summed E-state index contributed by atoms with van der Waals surface area (Å²) >= 11 is 0. The second kappa shape index (κ2) is 6.29. The summed E-state index contributed by atoms with van der Waals surface area (Å²) in [6.07, 6.45) is 6.90. The van der Waals surface area contributed by atoms with Crippen LogP contribution in [0.1, 0.15) is 11.1 Å². The molecule has 2 heterocycles. The van der Waals surface area contributed by atoms with Crippen molar-refractivity contribution < 1.29 is 4.39 Å². The third-order valence-corrected chi connectivity index (χ3v) is 4.12. The van der Waals surface area contributed by atoms with Gasteiger partial charge in [0.2, 0.25) is 0 Å². The standard InChI is InChI=1S/C19H17FN4/c20-17-10-14(4-5-19(17)24-9-8-21-13-24)11-22-12-15-2-1-3-18-16(15)6-7-23-18/h1-10,13,22-23H,11-12H2. The minimum Gasteiger partial charge on any atom is -0.361 e. The Kier molecular flexibility index (Phi) is 3.84. The molecular formula is C19H17FN4. The molecule has 24 heavy (non-hydrogen) atoms. The summed E-state index contributed by atoms with van der Waals surface area (Å²) in [5, 5.41) is 4.60. The second-order valence-corrected chi connectivity index (χ2v) is 5.72. The van der Waals surface area contributed by atoms with Gasteiger partial charge >= 0.3 is 0 Å². The lowest BCUT2D eigenvalue weighted by molar-refractivity contribution is 0.611. The van der Waals surface area contributed by atoms with Crippen molar-refractivity contribution >= 4 is 10.9 Å². The summed E-state index contributed by atoms with van der Waals surface area (Å²) in [6.45, 7) is 1.35. The third kappa shape index (κ3) is 2.81. The van der Waals surface area contributed by atoms with Gasteiger partial charge in [-0.3, -0.25) is 0 Å². The summed E-state index contributed by atoms with van der Waals surface area (Å²) in [4.78, 5) is 7.16. The van der Waals surface area contributed by atoms with Gasteiger partial charge in [-0.1, -0.05) is 18.2 Å². The van der Waals surface area contributed by atoms with Crippen LogP contribution >= 0.6 is 0 Å². The van der Waals surface area contributed by atoms with Gasteiger partial charge in [-0.15, -0.1) is 0 Å². The minimum absolute atomic E-state index is 0.250. The van der Waals surface area contributed by atoms with Crippen molar-refractivity contribution in [3.8, 4) is 5.69 Å². The number of hydrogen-bond acceptors (Lipinski definition) is 2. The molecular weight excluding hydrogens is 303 g/mol. The largest absolute Gasteiger partial charge is 0.361 e. The van der Waals surface area contributed by atoms with E-state index in [-0.39, 0.29) is 5.82 Å². The molecule has 0 bridgehead atoms. The Morgan fingerprint density at radius 1 is 1.12 bits per heavy atom. The van der Waals surface area contributed by atoms with Crippen molar-refractivity contribution in [2.24, 2.45) is 0 Å². The number of hydrogen-bond donors (Lipinski definition) is 2. The van der Waals surface area contributed by atoms with E-state index in [1.807, 2.05) is 18.3 Å². The van der Waals surface area contributed by atoms with Crippen molar-refractivity contribution in [1.29, 1.82) is 0 Å². The van der Waals surface area contributed by atoms with Gasteiger partial charge in [-0.25, -0.2) is 9.37 Å². The Morgan fingerprint density at radius 2 is 2.08 bits per heavy atom. The zero-order chi connectivity index (χ0) is 16.4. The van der Waals surface area contributed by atoms with Crippen LogP contribution in [0.15, 0.2) is 67.4 Å². The van der Waals surface area contributed by atoms with E-state index in [1.54, 1.807) is 35.4 Å². The van der Waals surface area contributed by atoms with Crippen molar-refractivity contribution in [1.82, 2.24) is 19.9 Å². The van der Waals surface area contributed by atoms with Crippen LogP contribution < -0.4 is 5.32 Å². The van der Waals surface area contributed by atoms with Crippen LogP contribution in [0.3, 0.4) is 0 Å². The van der Waals surface area contributed by atoms with Gasteiger partial charge < -0.3 is 14.9 Å². The predicted molar refractivity (Wildman–Crippen MR) is 92.4 cm³/mol. The molecule has 0 atom stereocenters. The van der Waals surface area contributed by atoms with Crippen molar-refractivity contribution in [3.63, 3.8) is 0 Å². The van der Waals surface area contributed by atoms with Gasteiger partial charge in [0.05, 0.1) is 12.0 Å². The highest BCUT2D eigenvalue weighted by atomic mass is 19.1. The Morgan fingerprint density at radius 3 is 2.92 bits per heavy atom. The smallest absolute Gasteiger partial charge is 0.147 e. The van der Waals surface area contributed by atoms with E-state index in [2.05, 4.69) is 33.5 Å². The highest BCUT2D eigenvalue weighted by molar-refractivity contribution is 5.82. The fraction of sp³-hybridized carbons (Fsp3) is 0.105. The Balaban J connectivity index is 1.45. The highest BCUT2D eigenvalue weighted by Crippen LogP contribution is 2.18. The molecule has 2 aromatic carbocycles. The van der Waals surface area contributed by atoms with E-state index in [0.29, 0.717) is 12.2 Å². The van der Waals surface area contributed by atoms with E-state index in [1.165, 1.54) is 10.9 Å². The molecule has 2 N–H and O–H groups in total. The Bertz CT molecular complexity index is 957. The maximum Gasteiger partial charge on any atom is 0.147 e. The normalized spacial score (nSPS) is 11.2. The molecule has 0 aliphatic rings. The molecule has 4 aromatic rings. The number of nitrogens with one attached hydrogen (secondary N) is 2.